The molecule has 0 bridgehead atoms. The predicted octanol–water partition coefficient (Wildman–Crippen LogP) is 5.87. The van der Waals surface area contributed by atoms with Crippen molar-refractivity contribution in [3.8, 4) is 0 Å². The van der Waals surface area contributed by atoms with Crippen LogP contribution < -0.4 is 0 Å². The Labute approximate surface area is 353 Å². The van der Waals surface area contributed by atoms with E-state index >= 15 is 0 Å². The zero-order chi connectivity index (χ0) is 42.8. The number of rotatable bonds is 17. The summed E-state index contributed by atoms with van der Waals surface area (Å²) in [5, 5.41) is 51.1. The van der Waals surface area contributed by atoms with Crippen molar-refractivity contribution in [1.29, 1.82) is 0 Å². The summed E-state index contributed by atoms with van der Waals surface area (Å²) in [5.41, 5.74) is 2.09. The van der Waals surface area contributed by atoms with Gasteiger partial charge in [0.05, 0.1) is 38.4 Å². The van der Waals surface area contributed by atoms with E-state index in [1.165, 1.54) is 50.5 Å². The quantitative estimate of drug-likeness (QED) is 0.0870. The molecule has 0 aromatic heterocycles. The highest BCUT2D eigenvalue weighted by atomic mass is 16.7. The van der Waals surface area contributed by atoms with Crippen LogP contribution in [0.25, 0.3) is 0 Å². The highest BCUT2D eigenvalue weighted by Gasteiger charge is 2.59. The van der Waals surface area contributed by atoms with Gasteiger partial charge in [0.1, 0.15) is 36.3 Å². The lowest BCUT2D eigenvalue weighted by Crippen LogP contribution is -2.61. The first-order valence-electron chi connectivity index (χ1n) is 23.3. The average molecular weight is 835 g/mol. The number of hydrogen-bond acceptors (Lipinski definition) is 12. The van der Waals surface area contributed by atoms with E-state index < -0.39 is 74.3 Å². The van der Waals surface area contributed by atoms with Gasteiger partial charge in [-0.25, -0.2) is 0 Å². The molecular formula is C47H78O12. The molecule has 5 fully saturated rings. The molecule has 6 aliphatic rings. The number of fused-ring (bicyclic) bond motifs is 5. The van der Waals surface area contributed by atoms with E-state index in [2.05, 4.69) is 40.7 Å². The summed E-state index contributed by atoms with van der Waals surface area (Å²) in [4.78, 5) is 26.1. The molecule has 59 heavy (non-hydrogen) atoms. The van der Waals surface area contributed by atoms with E-state index in [4.69, 9.17) is 23.7 Å². The van der Waals surface area contributed by atoms with Crippen molar-refractivity contribution in [2.75, 3.05) is 19.8 Å². The molecule has 338 valence electrons. The second-order valence-corrected chi connectivity index (χ2v) is 20.5. The fourth-order valence-corrected chi connectivity index (χ4v) is 12.8. The fraction of sp³-hybridized carbons (Fsp3) is 0.915. The molecule has 2 heterocycles. The van der Waals surface area contributed by atoms with Crippen LogP contribution in [0, 0.1) is 58.2 Å². The van der Waals surface area contributed by atoms with Crippen molar-refractivity contribution < 1.29 is 58.8 Å². The van der Waals surface area contributed by atoms with E-state index in [1.54, 1.807) is 13.8 Å². The van der Waals surface area contributed by atoms with Crippen LogP contribution >= 0.6 is 0 Å². The minimum absolute atomic E-state index is 0.00448. The van der Waals surface area contributed by atoms with Gasteiger partial charge in [0.25, 0.3) is 0 Å². The molecule has 8 unspecified atom stereocenters. The molecule has 12 nitrogen and oxygen atoms in total. The second kappa shape index (κ2) is 19.9. The van der Waals surface area contributed by atoms with Gasteiger partial charge in [-0.15, -0.1) is 0 Å². The van der Waals surface area contributed by atoms with Gasteiger partial charge in [-0.05, 0) is 91.3 Å². The third kappa shape index (κ3) is 10.0. The van der Waals surface area contributed by atoms with Crippen molar-refractivity contribution in [1.82, 2.24) is 0 Å². The van der Waals surface area contributed by atoms with Crippen LogP contribution in [0.5, 0.6) is 0 Å². The summed E-state index contributed by atoms with van der Waals surface area (Å²) in [6, 6.07) is 0. The highest BCUT2D eigenvalue weighted by molar-refractivity contribution is 5.83. The van der Waals surface area contributed by atoms with Gasteiger partial charge in [0.15, 0.2) is 12.6 Å². The molecule has 18 atom stereocenters. The molecule has 3 saturated carbocycles. The van der Waals surface area contributed by atoms with Crippen LogP contribution in [-0.4, -0.2) is 112 Å². The fourth-order valence-electron chi connectivity index (χ4n) is 12.8. The molecule has 4 aliphatic carbocycles. The molecule has 0 amide bonds. The number of ether oxygens (including phenoxy) is 5. The first kappa shape index (κ1) is 47.0. The maximum absolute atomic E-state index is 13.1. The van der Waals surface area contributed by atoms with Gasteiger partial charge in [-0.1, -0.05) is 79.4 Å². The van der Waals surface area contributed by atoms with Crippen molar-refractivity contribution >= 4 is 11.8 Å². The Kier molecular flexibility index (Phi) is 15.9. The van der Waals surface area contributed by atoms with Crippen molar-refractivity contribution in [2.24, 2.45) is 58.2 Å². The van der Waals surface area contributed by atoms with Crippen LogP contribution in [0.3, 0.4) is 0 Å². The zero-order valence-electron chi connectivity index (χ0n) is 37.0. The Hall–Kier alpha value is -1.48. The van der Waals surface area contributed by atoms with E-state index in [9.17, 15) is 35.1 Å². The van der Waals surface area contributed by atoms with Crippen molar-refractivity contribution in [3.63, 3.8) is 0 Å². The Morgan fingerprint density at radius 2 is 1.59 bits per heavy atom. The topological polar surface area (TPSA) is 181 Å². The Bertz CT molecular complexity index is 1430. The minimum Gasteiger partial charge on any atom is -0.462 e. The maximum Gasteiger partial charge on any atom is 0.306 e. The number of allylic oxidation sites excluding steroid dienone is 1. The van der Waals surface area contributed by atoms with Crippen LogP contribution in [0.2, 0.25) is 0 Å². The number of carbonyl (C=O) groups is 2. The number of hydrogen-bond donors (Lipinski definition) is 5. The summed E-state index contributed by atoms with van der Waals surface area (Å²) in [5.74, 6) is 2.83. The van der Waals surface area contributed by atoms with E-state index in [0.29, 0.717) is 11.3 Å². The van der Waals surface area contributed by atoms with Gasteiger partial charge >= 0.3 is 5.97 Å². The summed E-state index contributed by atoms with van der Waals surface area (Å²) in [6.45, 7) is 14.6. The predicted molar refractivity (Wildman–Crippen MR) is 220 cm³/mol. The summed E-state index contributed by atoms with van der Waals surface area (Å²) < 4.78 is 29.6. The Morgan fingerprint density at radius 3 is 2.31 bits per heavy atom. The van der Waals surface area contributed by atoms with Crippen LogP contribution in [0.1, 0.15) is 138 Å². The first-order valence-corrected chi connectivity index (χ1v) is 23.3. The monoisotopic (exact) mass is 835 g/mol. The molecule has 12 heteroatoms. The second-order valence-electron chi connectivity index (χ2n) is 20.5. The average Bonchev–Trinajstić information content (AvgIpc) is 3.56. The number of aliphatic hydroxyl groups is 5. The van der Waals surface area contributed by atoms with Crippen LogP contribution in [-0.2, 0) is 33.3 Å². The number of carbonyl (C=O) groups excluding carboxylic acids is 2. The maximum atomic E-state index is 13.1. The molecular weight excluding hydrogens is 757 g/mol. The van der Waals surface area contributed by atoms with Crippen molar-refractivity contribution in [3.05, 3.63) is 11.6 Å². The Morgan fingerprint density at radius 1 is 0.847 bits per heavy atom. The summed E-state index contributed by atoms with van der Waals surface area (Å²) in [7, 11) is 0. The lowest BCUT2D eigenvalue weighted by molar-refractivity contribution is -0.343. The largest absolute Gasteiger partial charge is 0.462 e. The normalized spacial score (nSPS) is 43.9. The minimum atomic E-state index is -1.31. The molecule has 2 saturated heterocycles. The van der Waals surface area contributed by atoms with Gasteiger partial charge in [-0.3, -0.25) is 9.59 Å². The summed E-state index contributed by atoms with van der Waals surface area (Å²) in [6.07, 6.45) is 6.84. The van der Waals surface area contributed by atoms with Gasteiger partial charge in [-0.2, -0.15) is 0 Å². The number of Topliss-reactive ketones (excluding diaryl/α,β-unsaturated/α-hetero) is 1. The molecule has 0 spiro atoms. The SMILES string of the molecule is CC(C)CCC[C@@H](C)[C@H]1CCC2C3CC=C4C[C@H](OC(=O)CCC(=O)CCO[C@@H]5C(C)C(O)OC(CO)[C@H]5O[C@@H]5OC(CO)[C@@H](O)[C@H](O)C5C)CC[C@]4(C)C3CC[C@@]21C. The Balaban J connectivity index is 0.962. The zero-order valence-corrected chi connectivity index (χ0v) is 37.0. The molecule has 0 radical (unpaired) electrons. The van der Waals surface area contributed by atoms with E-state index in [0.717, 1.165) is 55.3 Å². The number of aliphatic hydroxyl groups excluding tert-OH is 5. The lowest BCUT2D eigenvalue weighted by atomic mass is 9.47. The van der Waals surface area contributed by atoms with Crippen LogP contribution in [0.15, 0.2) is 11.6 Å². The molecule has 5 N–H and O–H groups in total. The third-order valence-corrected chi connectivity index (χ3v) is 16.5. The highest BCUT2D eigenvalue weighted by Crippen LogP contribution is 2.67. The first-order chi connectivity index (χ1) is 28.0. The third-order valence-electron chi connectivity index (χ3n) is 16.5. The smallest absolute Gasteiger partial charge is 0.306 e. The van der Waals surface area contributed by atoms with E-state index in [-0.39, 0.29) is 49.1 Å². The molecule has 6 rings (SSSR count). The lowest BCUT2D eigenvalue weighted by Gasteiger charge is -2.58. The standard InChI is InChI=1S/C47H78O12/c1-26(2)9-8-10-27(3)34-14-15-35-33-13-11-30-23-32(17-20-46(30,6)36(33)18-21-47(34,35)7)56-39(51)16-12-31(50)19-22-55-42-29(5)44(54)57-38(25-49)43(42)59-45-28(4)40(52)41(53)37(24-48)58-45/h11,26-29,32-38,40-45,48-49,52-54H,8-10,12-25H2,1-7H3/t27-,28?,29?,32-,33?,34-,35?,36?,37?,38?,40-,41-,42-,43-,44?,45+,46+,47-/m1/s1. The molecule has 2 aliphatic heterocycles. The molecule has 0 aromatic carbocycles. The van der Waals surface area contributed by atoms with E-state index in [1.807, 2.05) is 0 Å². The van der Waals surface area contributed by atoms with Crippen LogP contribution in [0.4, 0.5) is 0 Å². The molecule has 0 aromatic rings. The van der Waals surface area contributed by atoms with Gasteiger partial charge in [0.2, 0.25) is 0 Å². The number of ketones is 1. The van der Waals surface area contributed by atoms with Gasteiger partial charge < -0.3 is 49.2 Å². The van der Waals surface area contributed by atoms with Gasteiger partial charge in [0, 0.05) is 31.1 Å². The summed E-state index contributed by atoms with van der Waals surface area (Å²) >= 11 is 0. The van der Waals surface area contributed by atoms with Crippen molar-refractivity contribution in [2.45, 2.75) is 194 Å². The number of esters is 1.